The third kappa shape index (κ3) is 4.31. The third-order valence-electron chi connectivity index (χ3n) is 16.9. The van der Waals surface area contributed by atoms with E-state index in [9.17, 15) is 0 Å². The van der Waals surface area contributed by atoms with E-state index < -0.39 is 0 Å². The van der Waals surface area contributed by atoms with Gasteiger partial charge in [0.25, 0.3) is 6.71 Å². The van der Waals surface area contributed by atoms with Crippen molar-refractivity contribution in [2.75, 3.05) is 14.7 Å². The largest absolute Gasteiger partial charge is 0.335 e. The molecule has 0 amide bonds. The number of hydrogen-bond donors (Lipinski definition) is 0. The number of fused-ring (bicyclic) bond motifs is 10. The van der Waals surface area contributed by atoms with Crippen LogP contribution >= 0.6 is 0 Å². The van der Waals surface area contributed by atoms with Gasteiger partial charge in [-0.25, -0.2) is 0 Å². The minimum atomic E-state index is -0.149. The maximum absolute atomic E-state index is 2.93. The van der Waals surface area contributed by atoms with Crippen LogP contribution in [0.2, 0.25) is 0 Å². The number of hydrogen-bond acceptors (Lipinski definition) is 3. The summed E-state index contributed by atoms with van der Waals surface area (Å²) >= 11 is 0. The van der Waals surface area contributed by atoms with Crippen LogP contribution in [0.1, 0.15) is 111 Å². The highest BCUT2D eigenvalue weighted by atomic mass is 15.3. The molecule has 0 N–H and O–H groups in total. The Balaban J connectivity index is 1.23. The molecule has 4 heterocycles. The van der Waals surface area contributed by atoms with Crippen LogP contribution < -0.4 is 31.1 Å². The minimum absolute atomic E-state index is 0.0548. The quantitative estimate of drug-likeness (QED) is 0.166. The van der Waals surface area contributed by atoms with Crippen molar-refractivity contribution in [1.29, 1.82) is 0 Å². The van der Waals surface area contributed by atoms with E-state index >= 15 is 0 Å². The molecule has 59 heavy (non-hydrogen) atoms. The Labute approximate surface area is 352 Å². The molecule has 4 heteroatoms. The van der Waals surface area contributed by atoms with Gasteiger partial charge in [0.05, 0.1) is 11.1 Å². The van der Waals surface area contributed by atoms with Gasteiger partial charge in [0.15, 0.2) is 0 Å². The van der Waals surface area contributed by atoms with Crippen molar-refractivity contribution < 1.29 is 0 Å². The molecule has 2 aliphatic carbocycles. The molecule has 4 atom stereocenters. The maximum Gasteiger partial charge on any atom is 0.252 e. The SMILES string of the molecule is Cc1cccc(N2c3cc(C)ccc3B3c4cccc5c4N(c4cc(N6c7cc(C)cc(C)c7C7(C)CCCCC67C)cc2c43)C2(C)CCCCC52c2ccccc2)c1. The van der Waals surface area contributed by atoms with Crippen LogP contribution in [0.5, 0.6) is 0 Å². The highest BCUT2D eigenvalue weighted by Crippen LogP contribution is 2.66. The molecule has 4 unspecified atom stereocenters. The third-order valence-corrected chi connectivity index (χ3v) is 16.9. The zero-order valence-electron chi connectivity index (χ0n) is 36.0. The summed E-state index contributed by atoms with van der Waals surface area (Å²) < 4.78 is 0. The summed E-state index contributed by atoms with van der Waals surface area (Å²) in [6, 6.07) is 45.8. The van der Waals surface area contributed by atoms with Crippen LogP contribution in [0.4, 0.5) is 39.8 Å². The predicted octanol–water partition coefficient (Wildman–Crippen LogP) is 12.0. The van der Waals surface area contributed by atoms with E-state index in [0.29, 0.717) is 0 Å². The van der Waals surface area contributed by atoms with E-state index in [-0.39, 0.29) is 28.6 Å². The Morgan fingerprint density at radius 2 is 1.22 bits per heavy atom. The molecule has 12 rings (SSSR count). The van der Waals surface area contributed by atoms with E-state index in [1.807, 2.05) is 0 Å². The maximum atomic E-state index is 2.93. The van der Waals surface area contributed by atoms with Gasteiger partial charge >= 0.3 is 0 Å². The summed E-state index contributed by atoms with van der Waals surface area (Å²) in [6.45, 7) is 17.2. The molecule has 3 nitrogen and oxygen atoms in total. The van der Waals surface area contributed by atoms with Crippen molar-refractivity contribution in [2.24, 2.45) is 0 Å². The van der Waals surface area contributed by atoms with Crippen LogP contribution in [0.15, 0.2) is 115 Å². The van der Waals surface area contributed by atoms with Gasteiger partial charge < -0.3 is 14.7 Å². The van der Waals surface area contributed by atoms with Crippen molar-refractivity contribution in [2.45, 2.75) is 122 Å². The lowest BCUT2D eigenvalue weighted by Crippen LogP contribution is -2.65. The zero-order chi connectivity index (χ0) is 40.2. The molecule has 0 bridgehead atoms. The number of rotatable bonds is 3. The van der Waals surface area contributed by atoms with Crippen LogP contribution in [0.25, 0.3) is 0 Å². The lowest BCUT2D eigenvalue weighted by atomic mass is 9.33. The van der Waals surface area contributed by atoms with Gasteiger partial charge in [0, 0.05) is 50.6 Å². The number of aryl methyl sites for hydroxylation is 4. The summed E-state index contributed by atoms with van der Waals surface area (Å²) in [7, 11) is 0. The highest BCUT2D eigenvalue weighted by Gasteiger charge is 2.65. The number of para-hydroxylation sites is 1. The summed E-state index contributed by atoms with van der Waals surface area (Å²) in [6.07, 6.45) is 9.74. The molecule has 2 fully saturated rings. The standard InChI is InChI=1S/C55H56BN3/c1-35-17-15-20-40(30-35)57-45-31-36(2)23-24-43(45)56-44-22-16-21-42-51(44)59(54(7)27-13-14-28-55(42,54)39-18-9-8-10-19-39)48-34-41(33-47(57)50(48)56)58-46-32-37(3)29-38(4)49(46)52(5)25-11-12-26-53(52,58)6/h8-10,15-24,29-34H,11-14,25-28H2,1-7H3. The monoisotopic (exact) mass is 769 g/mol. The topological polar surface area (TPSA) is 9.72 Å². The molecular formula is C55H56BN3. The van der Waals surface area contributed by atoms with Gasteiger partial charge in [-0.05, 0) is 159 Å². The van der Waals surface area contributed by atoms with Crippen molar-refractivity contribution in [3.8, 4) is 0 Å². The Morgan fingerprint density at radius 1 is 0.508 bits per heavy atom. The van der Waals surface area contributed by atoms with Crippen molar-refractivity contribution in [3.05, 3.63) is 154 Å². The number of nitrogens with zero attached hydrogens (tertiary/aromatic N) is 3. The van der Waals surface area contributed by atoms with Crippen molar-refractivity contribution >= 4 is 62.9 Å². The van der Waals surface area contributed by atoms with Gasteiger partial charge in [-0.1, -0.05) is 111 Å². The smallest absolute Gasteiger partial charge is 0.252 e. The highest BCUT2D eigenvalue weighted by molar-refractivity contribution is 7.00. The zero-order valence-corrected chi connectivity index (χ0v) is 36.0. The van der Waals surface area contributed by atoms with Crippen LogP contribution in [-0.2, 0) is 10.8 Å². The second-order valence-corrected chi connectivity index (χ2v) is 20.0. The molecule has 0 saturated heterocycles. The van der Waals surface area contributed by atoms with Crippen LogP contribution in [0, 0.1) is 27.7 Å². The Morgan fingerprint density at radius 3 is 2.03 bits per heavy atom. The summed E-state index contributed by atoms with van der Waals surface area (Å²) in [5.41, 5.74) is 23.5. The van der Waals surface area contributed by atoms with Crippen LogP contribution in [-0.4, -0.2) is 17.8 Å². The fourth-order valence-corrected chi connectivity index (χ4v) is 14.3. The van der Waals surface area contributed by atoms with Gasteiger partial charge in [0.2, 0.25) is 0 Å². The number of anilines is 7. The molecule has 4 aliphatic heterocycles. The Hall–Kier alpha value is -5.22. The van der Waals surface area contributed by atoms with E-state index in [4.69, 9.17) is 0 Å². The van der Waals surface area contributed by atoms with E-state index in [0.717, 1.165) is 12.8 Å². The molecular weight excluding hydrogens is 713 g/mol. The molecule has 6 aromatic carbocycles. The average Bonchev–Trinajstić information content (AvgIpc) is 3.59. The number of benzene rings is 6. The van der Waals surface area contributed by atoms with Gasteiger partial charge in [-0.2, -0.15) is 0 Å². The lowest BCUT2D eigenvalue weighted by Gasteiger charge is -2.54. The fourth-order valence-electron chi connectivity index (χ4n) is 14.3. The molecule has 6 aliphatic rings. The first kappa shape index (κ1) is 35.7. The lowest BCUT2D eigenvalue weighted by molar-refractivity contribution is 0.194. The molecule has 2 saturated carbocycles. The first-order valence-electron chi connectivity index (χ1n) is 22.6. The fraction of sp³-hybridized carbons (Fsp3) is 0.345. The first-order chi connectivity index (χ1) is 28.5. The molecule has 6 aromatic rings. The van der Waals surface area contributed by atoms with Crippen LogP contribution in [0.3, 0.4) is 0 Å². The van der Waals surface area contributed by atoms with Crippen molar-refractivity contribution in [1.82, 2.24) is 0 Å². The van der Waals surface area contributed by atoms with E-state index in [2.05, 4.69) is 178 Å². The van der Waals surface area contributed by atoms with E-state index in [1.54, 1.807) is 5.56 Å². The normalized spacial score (nSPS) is 26.8. The van der Waals surface area contributed by atoms with Gasteiger partial charge in [0.1, 0.15) is 0 Å². The predicted molar refractivity (Wildman–Crippen MR) is 250 cm³/mol. The second-order valence-electron chi connectivity index (χ2n) is 20.0. The summed E-state index contributed by atoms with van der Waals surface area (Å²) in [5, 5.41) is 0. The average molecular weight is 770 g/mol. The summed E-state index contributed by atoms with van der Waals surface area (Å²) in [4.78, 5) is 8.43. The van der Waals surface area contributed by atoms with Crippen molar-refractivity contribution in [3.63, 3.8) is 0 Å². The minimum Gasteiger partial charge on any atom is -0.335 e. The van der Waals surface area contributed by atoms with E-state index in [1.165, 1.54) is 128 Å². The molecule has 0 aromatic heterocycles. The van der Waals surface area contributed by atoms with Gasteiger partial charge in [-0.3, -0.25) is 0 Å². The second kappa shape index (κ2) is 12.0. The van der Waals surface area contributed by atoms with Gasteiger partial charge in [-0.15, -0.1) is 0 Å². The summed E-state index contributed by atoms with van der Waals surface area (Å²) in [5.74, 6) is 0. The Bertz CT molecular complexity index is 2770. The molecule has 0 radical (unpaired) electrons. The molecule has 294 valence electrons. The first-order valence-corrected chi connectivity index (χ1v) is 22.6. The Kier molecular flexibility index (Phi) is 7.24. The molecule has 0 spiro atoms.